The van der Waals surface area contributed by atoms with Crippen molar-refractivity contribution < 1.29 is 0 Å². The van der Waals surface area contributed by atoms with Gasteiger partial charge in [-0.05, 0) is 37.3 Å². The van der Waals surface area contributed by atoms with Gasteiger partial charge in [-0.2, -0.15) is 0 Å². The molecule has 0 aliphatic heterocycles. The zero-order chi connectivity index (χ0) is 18.1. The minimum Gasteiger partial charge on any atom is -0.356 e. The Balaban J connectivity index is 0.00000338. The molecule has 0 fully saturated rings. The van der Waals surface area contributed by atoms with Crippen LogP contribution in [0.4, 0.5) is 0 Å². The van der Waals surface area contributed by atoms with Crippen LogP contribution in [0.15, 0.2) is 41.7 Å². The quantitative estimate of drug-likeness (QED) is 0.277. The molecule has 0 atom stereocenters. The summed E-state index contributed by atoms with van der Waals surface area (Å²) in [5, 5.41) is 3.46. The molecule has 1 aromatic carbocycles. The van der Waals surface area contributed by atoms with Gasteiger partial charge in [0.1, 0.15) is 5.82 Å². The van der Waals surface area contributed by atoms with Crippen molar-refractivity contribution >= 4 is 29.9 Å². The highest BCUT2D eigenvalue weighted by Crippen LogP contribution is 2.07. The number of rotatable bonds is 8. The van der Waals surface area contributed by atoms with Gasteiger partial charge in [0.15, 0.2) is 5.96 Å². The van der Waals surface area contributed by atoms with Gasteiger partial charge in [-0.3, -0.25) is 4.99 Å². The van der Waals surface area contributed by atoms with Crippen molar-refractivity contribution in [2.75, 3.05) is 20.6 Å². The summed E-state index contributed by atoms with van der Waals surface area (Å²) in [7, 11) is 3.92. The molecule has 0 spiro atoms. The number of imidazole rings is 1. The van der Waals surface area contributed by atoms with Crippen LogP contribution in [0.1, 0.15) is 36.7 Å². The Morgan fingerprint density at radius 2 is 1.88 bits per heavy atom. The largest absolute Gasteiger partial charge is 0.356 e. The molecule has 1 N–H and O–H groups in total. The van der Waals surface area contributed by atoms with Crippen molar-refractivity contribution in [3.8, 4) is 0 Å². The minimum atomic E-state index is 0. The molecule has 0 aliphatic carbocycles. The van der Waals surface area contributed by atoms with Gasteiger partial charge in [0.05, 0.1) is 0 Å². The number of benzene rings is 1. The number of nitrogens with one attached hydrogen (secondary N) is 1. The van der Waals surface area contributed by atoms with Gasteiger partial charge in [0.25, 0.3) is 0 Å². The lowest BCUT2D eigenvalue weighted by Gasteiger charge is -2.22. The molecule has 0 saturated heterocycles. The second-order valence-corrected chi connectivity index (χ2v) is 6.38. The summed E-state index contributed by atoms with van der Waals surface area (Å²) in [6, 6.07) is 8.82. The predicted molar refractivity (Wildman–Crippen MR) is 120 cm³/mol. The molecular formula is C20H32IN5. The van der Waals surface area contributed by atoms with Gasteiger partial charge < -0.3 is 14.8 Å². The van der Waals surface area contributed by atoms with Gasteiger partial charge in [-0.25, -0.2) is 4.98 Å². The van der Waals surface area contributed by atoms with Gasteiger partial charge in [0, 0.05) is 46.1 Å². The number of halogens is 1. The second kappa shape index (κ2) is 11.9. The molecule has 26 heavy (non-hydrogen) atoms. The lowest BCUT2D eigenvalue weighted by molar-refractivity contribution is 0.473. The molecule has 2 aromatic rings. The SMILES string of the molecule is CCc1ccc(CN(C)C(=NC)NCCCCn2ccnc2C)cc1.I. The number of unbranched alkanes of at least 4 members (excludes halogenated alkanes) is 1. The number of aromatic nitrogens is 2. The normalized spacial score (nSPS) is 11.2. The Bertz CT molecular complexity index is 663. The summed E-state index contributed by atoms with van der Waals surface area (Å²) in [5.41, 5.74) is 2.68. The molecule has 1 heterocycles. The molecule has 2 rings (SSSR count). The van der Waals surface area contributed by atoms with Gasteiger partial charge >= 0.3 is 0 Å². The molecule has 6 heteroatoms. The van der Waals surface area contributed by atoms with Crippen molar-refractivity contribution in [1.82, 2.24) is 19.8 Å². The zero-order valence-corrected chi connectivity index (χ0v) is 18.7. The van der Waals surface area contributed by atoms with E-state index in [-0.39, 0.29) is 24.0 Å². The molecule has 5 nitrogen and oxygen atoms in total. The standard InChI is InChI=1S/C20H31N5.HI/c1-5-18-8-10-19(11-9-18)16-24(4)20(21-3)23-12-6-7-14-25-15-13-22-17(25)2;/h8-11,13,15H,5-7,12,14,16H2,1-4H3,(H,21,23);1H. The van der Waals surface area contributed by atoms with E-state index < -0.39 is 0 Å². The highest BCUT2D eigenvalue weighted by molar-refractivity contribution is 14.0. The van der Waals surface area contributed by atoms with Crippen LogP contribution in [0.2, 0.25) is 0 Å². The smallest absolute Gasteiger partial charge is 0.193 e. The fourth-order valence-electron chi connectivity index (χ4n) is 2.86. The maximum absolute atomic E-state index is 4.40. The number of guanidine groups is 1. The van der Waals surface area contributed by atoms with Crippen LogP contribution in [0.3, 0.4) is 0 Å². The van der Waals surface area contributed by atoms with E-state index >= 15 is 0 Å². The van der Waals surface area contributed by atoms with E-state index in [1.165, 1.54) is 11.1 Å². The van der Waals surface area contributed by atoms with Crippen molar-refractivity contribution in [3.05, 3.63) is 53.6 Å². The van der Waals surface area contributed by atoms with E-state index in [2.05, 4.69) is 63.0 Å². The lowest BCUT2D eigenvalue weighted by Crippen LogP contribution is -2.38. The average molecular weight is 469 g/mol. The van der Waals surface area contributed by atoms with Crippen LogP contribution in [-0.2, 0) is 19.5 Å². The number of hydrogen-bond donors (Lipinski definition) is 1. The Morgan fingerprint density at radius 1 is 1.19 bits per heavy atom. The Kier molecular flexibility index (Phi) is 10.3. The number of aliphatic imine (C=N–C) groups is 1. The molecule has 0 saturated carbocycles. The van der Waals surface area contributed by atoms with Crippen molar-refractivity contribution in [1.29, 1.82) is 0 Å². The van der Waals surface area contributed by atoms with Crippen LogP contribution in [0.25, 0.3) is 0 Å². The predicted octanol–water partition coefficient (Wildman–Crippen LogP) is 3.86. The highest BCUT2D eigenvalue weighted by Gasteiger charge is 2.06. The first kappa shape index (κ1) is 22.5. The third kappa shape index (κ3) is 6.97. The highest BCUT2D eigenvalue weighted by atomic mass is 127. The first-order valence-corrected chi connectivity index (χ1v) is 9.11. The van der Waals surface area contributed by atoms with Crippen LogP contribution < -0.4 is 5.32 Å². The van der Waals surface area contributed by atoms with Gasteiger partial charge in [-0.1, -0.05) is 31.2 Å². The summed E-state index contributed by atoms with van der Waals surface area (Å²) in [6.07, 6.45) is 7.22. The summed E-state index contributed by atoms with van der Waals surface area (Å²) in [6.45, 7) is 7.03. The average Bonchev–Trinajstić information content (AvgIpc) is 3.03. The molecule has 0 radical (unpaired) electrons. The van der Waals surface area contributed by atoms with E-state index in [1.54, 1.807) is 0 Å². The van der Waals surface area contributed by atoms with Crippen molar-refractivity contribution in [3.63, 3.8) is 0 Å². The number of aryl methyl sites for hydroxylation is 3. The Labute approximate surface area is 174 Å². The van der Waals surface area contributed by atoms with E-state index in [4.69, 9.17) is 0 Å². The summed E-state index contributed by atoms with van der Waals surface area (Å²) >= 11 is 0. The zero-order valence-electron chi connectivity index (χ0n) is 16.4. The summed E-state index contributed by atoms with van der Waals surface area (Å²) in [5.74, 6) is 2.02. The summed E-state index contributed by atoms with van der Waals surface area (Å²) in [4.78, 5) is 10.8. The summed E-state index contributed by atoms with van der Waals surface area (Å²) < 4.78 is 2.20. The first-order valence-electron chi connectivity index (χ1n) is 9.11. The molecule has 0 aliphatic rings. The lowest BCUT2D eigenvalue weighted by atomic mass is 10.1. The number of hydrogen-bond acceptors (Lipinski definition) is 2. The Hall–Kier alpha value is -1.57. The maximum atomic E-state index is 4.40. The van der Waals surface area contributed by atoms with E-state index in [0.717, 1.165) is 50.7 Å². The fraction of sp³-hybridized carbons (Fsp3) is 0.500. The van der Waals surface area contributed by atoms with Crippen LogP contribution in [0, 0.1) is 6.92 Å². The second-order valence-electron chi connectivity index (χ2n) is 6.38. The van der Waals surface area contributed by atoms with Gasteiger partial charge in [0.2, 0.25) is 0 Å². The molecule has 0 unspecified atom stereocenters. The fourth-order valence-corrected chi connectivity index (χ4v) is 2.86. The van der Waals surface area contributed by atoms with Crippen molar-refractivity contribution in [2.24, 2.45) is 4.99 Å². The molecule has 144 valence electrons. The van der Waals surface area contributed by atoms with E-state index in [9.17, 15) is 0 Å². The molecule has 0 amide bonds. The van der Waals surface area contributed by atoms with Crippen molar-refractivity contribution in [2.45, 2.75) is 46.2 Å². The monoisotopic (exact) mass is 469 g/mol. The minimum absolute atomic E-state index is 0. The number of nitrogens with zero attached hydrogens (tertiary/aromatic N) is 4. The first-order chi connectivity index (χ1) is 12.1. The van der Waals surface area contributed by atoms with Crippen LogP contribution in [0.5, 0.6) is 0 Å². The topological polar surface area (TPSA) is 45.5 Å². The molecular weight excluding hydrogens is 437 g/mol. The third-order valence-electron chi connectivity index (χ3n) is 4.46. The maximum Gasteiger partial charge on any atom is 0.193 e. The van der Waals surface area contributed by atoms with Crippen LogP contribution >= 0.6 is 24.0 Å². The molecule has 0 bridgehead atoms. The van der Waals surface area contributed by atoms with E-state index in [0.29, 0.717) is 0 Å². The van der Waals surface area contributed by atoms with Crippen LogP contribution in [-0.4, -0.2) is 41.1 Å². The molecule has 1 aromatic heterocycles. The van der Waals surface area contributed by atoms with E-state index in [1.807, 2.05) is 26.4 Å². The third-order valence-corrected chi connectivity index (χ3v) is 4.46. The Morgan fingerprint density at radius 3 is 2.46 bits per heavy atom. The van der Waals surface area contributed by atoms with Gasteiger partial charge in [-0.15, -0.1) is 24.0 Å².